The van der Waals surface area contributed by atoms with Crippen molar-refractivity contribution in [1.82, 2.24) is 4.57 Å². The molecule has 1 N–H and O–H groups in total. The highest BCUT2D eigenvalue weighted by Gasteiger charge is 1.99. The highest BCUT2D eigenvalue weighted by atomic mass is 16.5. The van der Waals surface area contributed by atoms with Crippen molar-refractivity contribution >= 4 is 5.69 Å². The van der Waals surface area contributed by atoms with Gasteiger partial charge in [-0.2, -0.15) is 0 Å². The molecular formula is C16H22N2O. The van der Waals surface area contributed by atoms with Crippen LogP contribution in [0.25, 0.3) is 0 Å². The first-order valence-corrected chi connectivity index (χ1v) is 6.93. The molecule has 0 saturated carbocycles. The number of nitrogens with zero attached hydrogens (tertiary/aromatic N) is 1. The van der Waals surface area contributed by atoms with Crippen molar-refractivity contribution < 1.29 is 4.74 Å². The number of ether oxygens (including phenoxy) is 1. The van der Waals surface area contributed by atoms with Crippen molar-refractivity contribution in [3.8, 4) is 5.75 Å². The maximum Gasteiger partial charge on any atom is 0.121 e. The molecule has 2 aromatic rings. The van der Waals surface area contributed by atoms with E-state index >= 15 is 0 Å². The standard InChI is InChI=1S/C16H22N2O/c1-3-9-18-10-8-14(13-18)12-17-15-6-5-7-16(11-15)19-4-2/h5-8,10-11,13,17H,3-4,9,12H2,1-2H3. The van der Waals surface area contributed by atoms with Crippen LogP contribution < -0.4 is 10.1 Å². The molecule has 1 aromatic carbocycles. The second-order valence-corrected chi connectivity index (χ2v) is 4.57. The Morgan fingerprint density at radius 3 is 2.89 bits per heavy atom. The minimum absolute atomic E-state index is 0.698. The van der Waals surface area contributed by atoms with E-state index in [1.807, 2.05) is 25.1 Å². The third-order valence-electron chi connectivity index (χ3n) is 2.94. The van der Waals surface area contributed by atoms with Crippen molar-refractivity contribution in [1.29, 1.82) is 0 Å². The molecule has 0 spiro atoms. The summed E-state index contributed by atoms with van der Waals surface area (Å²) in [7, 11) is 0. The molecule has 0 aliphatic carbocycles. The molecule has 0 atom stereocenters. The summed E-state index contributed by atoms with van der Waals surface area (Å²) in [5, 5.41) is 3.42. The number of anilines is 1. The Labute approximate surface area is 115 Å². The summed E-state index contributed by atoms with van der Waals surface area (Å²) in [4.78, 5) is 0. The van der Waals surface area contributed by atoms with Crippen LogP contribution >= 0.6 is 0 Å². The largest absolute Gasteiger partial charge is 0.494 e. The van der Waals surface area contributed by atoms with Gasteiger partial charge in [0.05, 0.1) is 6.61 Å². The van der Waals surface area contributed by atoms with Gasteiger partial charge in [-0.25, -0.2) is 0 Å². The van der Waals surface area contributed by atoms with E-state index < -0.39 is 0 Å². The summed E-state index contributed by atoms with van der Waals surface area (Å²) in [5.41, 5.74) is 2.39. The number of benzene rings is 1. The molecule has 0 aliphatic heterocycles. The van der Waals surface area contributed by atoms with Crippen molar-refractivity contribution in [3.63, 3.8) is 0 Å². The fraction of sp³-hybridized carbons (Fsp3) is 0.375. The molecule has 19 heavy (non-hydrogen) atoms. The van der Waals surface area contributed by atoms with E-state index in [1.54, 1.807) is 0 Å². The lowest BCUT2D eigenvalue weighted by Gasteiger charge is -2.08. The van der Waals surface area contributed by atoms with E-state index in [-0.39, 0.29) is 0 Å². The number of aromatic nitrogens is 1. The molecule has 0 aliphatic rings. The summed E-state index contributed by atoms with van der Waals surface area (Å²) >= 11 is 0. The molecule has 0 amide bonds. The third-order valence-corrected chi connectivity index (χ3v) is 2.94. The molecule has 1 aromatic heterocycles. The van der Waals surface area contributed by atoms with Crippen LogP contribution in [0.15, 0.2) is 42.7 Å². The van der Waals surface area contributed by atoms with E-state index in [4.69, 9.17) is 4.74 Å². The van der Waals surface area contributed by atoms with Gasteiger partial charge >= 0.3 is 0 Å². The molecular weight excluding hydrogens is 236 g/mol. The highest BCUT2D eigenvalue weighted by Crippen LogP contribution is 2.18. The fourth-order valence-electron chi connectivity index (χ4n) is 2.06. The summed E-state index contributed by atoms with van der Waals surface area (Å²) < 4.78 is 7.72. The van der Waals surface area contributed by atoms with E-state index in [2.05, 4.69) is 41.3 Å². The van der Waals surface area contributed by atoms with Crippen LogP contribution in [0.3, 0.4) is 0 Å². The predicted octanol–water partition coefficient (Wildman–Crippen LogP) is 3.91. The smallest absolute Gasteiger partial charge is 0.121 e. The van der Waals surface area contributed by atoms with E-state index in [0.29, 0.717) is 6.61 Å². The predicted molar refractivity (Wildman–Crippen MR) is 79.7 cm³/mol. The van der Waals surface area contributed by atoms with E-state index in [1.165, 1.54) is 5.56 Å². The van der Waals surface area contributed by atoms with Gasteiger partial charge in [-0.15, -0.1) is 0 Å². The minimum Gasteiger partial charge on any atom is -0.494 e. The maximum absolute atomic E-state index is 5.49. The normalized spacial score (nSPS) is 10.4. The monoisotopic (exact) mass is 258 g/mol. The number of aryl methyl sites for hydroxylation is 1. The lowest BCUT2D eigenvalue weighted by Crippen LogP contribution is -1.99. The Kier molecular flexibility index (Phi) is 4.90. The first-order chi connectivity index (χ1) is 9.31. The zero-order chi connectivity index (χ0) is 13.5. The molecule has 0 saturated heterocycles. The highest BCUT2D eigenvalue weighted by molar-refractivity contribution is 5.48. The molecule has 0 unspecified atom stereocenters. The molecule has 102 valence electrons. The van der Waals surface area contributed by atoms with Crippen LogP contribution in [-0.2, 0) is 13.1 Å². The van der Waals surface area contributed by atoms with Gasteiger partial charge in [0.1, 0.15) is 5.75 Å². The van der Waals surface area contributed by atoms with Crippen molar-refractivity contribution in [2.24, 2.45) is 0 Å². The first kappa shape index (κ1) is 13.5. The fourth-order valence-corrected chi connectivity index (χ4v) is 2.06. The number of rotatable bonds is 7. The van der Waals surface area contributed by atoms with Gasteiger partial charge in [-0.1, -0.05) is 13.0 Å². The van der Waals surface area contributed by atoms with Gasteiger partial charge in [-0.3, -0.25) is 0 Å². The van der Waals surface area contributed by atoms with Crippen LogP contribution in [0.4, 0.5) is 5.69 Å². The van der Waals surface area contributed by atoms with Crippen molar-refractivity contribution in [2.45, 2.75) is 33.4 Å². The first-order valence-electron chi connectivity index (χ1n) is 6.93. The van der Waals surface area contributed by atoms with Crippen molar-refractivity contribution in [2.75, 3.05) is 11.9 Å². The molecule has 3 nitrogen and oxygen atoms in total. The zero-order valence-corrected chi connectivity index (χ0v) is 11.7. The van der Waals surface area contributed by atoms with Gasteiger partial charge < -0.3 is 14.6 Å². The average Bonchev–Trinajstić information content (AvgIpc) is 2.86. The Morgan fingerprint density at radius 1 is 1.21 bits per heavy atom. The van der Waals surface area contributed by atoms with Crippen LogP contribution in [0, 0.1) is 0 Å². The quantitative estimate of drug-likeness (QED) is 0.815. The van der Waals surface area contributed by atoms with E-state index in [0.717, 1.165) is 30.9 Å². The molecule has 0 bridgehead atoms. The molecule has 0 fully saturated rings. The number of hydrogen-bond donors (Lipinski definition) is 1. The Bertz CT molecular complexity index is 505. The van der Waals surface area contributed by atoms with Crippen LogP contribution in [0.2, 0.25) is 0 Å². The Balaban J connectivity index is 1.91. The minimum atomic E-state index is 0.698. The molecule has 1 heterocycles. The lowest BCUT2D eigenvalue weighted by atomic mass is 10.2. The number of nitrogens with one attached hydrogen (secondary N) is 1. The van der Waals surface area contributed by atoms with E-state index in [9.17, 15) is 0 Å². The summed E-state index contributed by atoms with van der Waals surface area (Å²) in [6, 6.07) is 10.2. The summed E-state index contributed by atoms with van der Waals surface area (Å²) in [5.74, 6) is 0.913. The summed E-state index contributed by atoms with van der Waals surface area (Å²) in [6.45, 7) is 6.81. The van der Waals surface area contributed by atoms with Crippen LogP contribution in [-0.4, -0.2) is 11.2 Å². The SMILES string of the molecule is CCCn1ccc(CNc2cccc(OCC)c2)c1. The zero-order valence-electron chi connectivity index (χ0n) is 11.7. The summed E-state index contributed by atoms with van der Waals surface area (Å²) in [6.07, 6.45) is 5.50. The second kappa shape index (κ2) is 6.88. The second-order valence-electron chi connectivity index (χ2n) is 4.57. The third kappa shape index (κ3) is 4.05. The van der Waals surface area contributed by atoms with Crippen LogP contribution in [0.1, 0.15) is 25.8 Å². The van der Waals surface area contributed by atoms with Gasteiger partial charge in [0.25, 0.3) is 0 Å². The van der Waals surface area contributed by atoms with Gasteiger partial charge in [0, 0.05) is 37.2 Å². The van der Waals surface area contributed by atoms with Gasteiger partial charge in [0.2, 0.25) is 0 Å². The van der Waals surface area contributed by atoms with Crippen molar-refractivity contribution in [3.05, 3.63) is 48.3 Å². The average molecular weight is 258 g/mol. The van der Waals surface area contributed by atoms with Gasteiger partial charge in [0.15, 0.2) is 0 Å². The Hall–Kier alpha value is -1.90. The Morgan fingerprint density at radius 2 is 2.11 bits per heavy atom. The lowest BCUT2D eigenvalue weighted by molar-refractivity contribution is 0.340. The molecule has 0 radical (unpaired) electrons. The van der Waals surface area contributed by atoms with Crippen LogP contribution in [0.5, 0.6) is 5.75 Å². The molecule has 3 heteroatoms. The van der Waals surface area contributed by atoms with Gasteiger partial charge in [-0.05, 0) is 37.1 Å². The number of hydrogen-bond acceptors (Lipinski definition) is 2. The topological polar surface area (TPSA) is 26.2 Å². The maximum atomic E-state index is 5.49. The molecule has 2 rings (SSSR count).